The Kier molecular flexibility index (Phi) is 5.59. The van der Waals surface area contributed by atoms with Gasteiger partial charge in [0.25, 0.3) is 0 Å². The minimum atomic E-state index is -0.276. The van der Waals surface area contributed by atoms with E-state index in [9.17, 15) is 5.11 Å². The van der Waals surface area contributed by atoms with Gasteiger partial charge in [0.05, 0.1) is 17.3 Å². The fourth-order valence-corrected chi connectivity index (χ4v) is 5.42. The van der Waals surface area contributed by atoms with E-state index < -0.39 is 0 Å². The van der Waals surface area contributed by atoms with Crippen LogP contribution in [-0.2, 0) is 0 Å². The third kappa shape index (κ3) is 3.76. The number of nitrogens with zero attached hydrogens (tertiary/aromatic N) is 4. The average Bonchev–Trinajstić information content (AvgIpc) is 2.94. The van der Waals surface area contributed by atoms with Crippen molar-refractivity contribution in [1.29, 1.82) is 0 Å². The van der Waals surface area contributed by atoms with Gasteiger partial charge in [-0.05, 0) is 37.2 Å². The van der Waals surface area contributed by atoms with E-state index in [1.807, 2.05) is 0 Å². The highest BCUT2D eigenvalue weighted by atomic mass is 35.5. The zero-order valence-corrected chi connectivity index (χ0v) is 17.5. The molecule has 0 amide bonds. The SMILES string of the molecule is Nc1nc(N2CCC3(CC2)C[C@H](O)C[C@H]3N)cnc1Sc1ccnc(Cl)c1Cl. The molecule has 3 heterocycles. The van der Waals surface area contributed by atoms with E-state index in [-0.39, 0.29) is 22.7 Å². The van der Waals surface area contributed by atoms with Crippen molar-refractivity contribution in [2.75, 3.05) is 23.7 Å². The van der Waals surface area contributed by atoms with Crippen LogP contribution in [-0.4, -0.2) is 45.3 Å². The van der Waals surface area contributed by atoms with Gasteiger partial charge in [-0.25, -0.2) is 15.0 Å². The van der Waals surface area contributed by atoms with E-state index in [0.29, 0.717) is 22.3 Å². The monoisotopic (exact) mass is 440 g/mol. The quantitative estimate of drug-likeness (QED) is 0.623. The summed E-state index contributed by atoms with van der Waals surface area (Å²) >= 11 is 13.5. The van der Waals surface area contributed by atoms with Crippen molar-refractivity contribution in [2.24, 2.45) is 11.1 Å². The molecule has 2 fully saturated rings. The van der Waals surface area contributed by atoms with Crippen LogP contribution in [0, 0.1) is 5.41 Å². The summed E-state index contributed by atoms with van der Waals surface area (Å²) in [6, 6.07) is 1.83. The van der Waals surface area contributed by atoms with Crippen molar-refractivity contribution in [3.63, 3.8) is 0 Å². The van der Waals surface area contributed by atoms with Crippen molar-refractivity contribution in [1.82, 2.24) is 15.0 Å². The molecule has 4 rings (SSSR count). The zero-order valence-electron chi connectivity index (χ0n) is 15.2. The molecule has 7 nitrogen and oxygen atoms in total. The van der Waals surface area contributed by atoms with Crippen LogP contribution in [0.2, 0.25) is 10.2 Å². The zero-order chi connectivity index (χ0) is 19.9. The van der Waals surface area contributed by atoms with Gasteiger partial charge in [0.15, 0.2) is 5.82 Å². The molecule has 1 spiro atoms. The molecule has 1 aliphatic heterocycles. The first kappa shape index (κ1) is 20.0. The van der Waals surface area contributed by atoms with E-state index in [1.54, 1.807) is 18.5 Å². The highest BCUT2D eigenvalue weighted by Gasteiger charge is 2.46. The smallest absolute Gasteiger partial charge is 0.158 e. The van der Waals surface area contributed by atoms with Gasteiger partial charge < -0.3 is 21.5 Å². The first-order valence-electron chi connectivity index (χ1n) is 9.17. The third-order valence-electron chi connectivity index (χ3n) is 5.81. The molecule has 1 saturated heterocycles. The predicted molar refractivity (Wildman–Crippen MR) is 112 cm³/mol. The fraction of sp³-hybridized carbons (Fsp3) is 0.500. The topological polar surface area (TPSA) is 114 Å². The average molecular weight is 441 g/mol. The second kappa shape index (κ2) is 7.84. The highest BCUT2D eigenvalue weighted by Crippen LogP contribution is 2.46. The van der Waals surface area contributed by atoms with Gasteiger partial charge in [0, 0.05) is 30.2 Å². The number of aliphatic hydroxyl groups excluding tert-OH is 1. The maximum absolute atomic E-state index is 9.97. The molecule has 2 aromatic rings. The fourth-order valence-electron chi connectivity index (χ4n) is 4.20. The number of anilines is 2. The molecule has 0 bridgehead atoms. The molecule has 1 saturated carbocycles. The summed E-state index contributed by atoms with van der Waals surface area (Å²) in [6.07, 6.45) is 6.41. The molecule has 0 unspecified atom stereocenters. The largest absolute Gasteiger partial charge is 0.393 e. The van der Waals surface area contributed by atoms with Crippen LogP contribution in [0.15, 0.2) is 28.4 Å². The van der Waals surface area contributed by atoms with Gasteiger partial charge >= 0.3 is 0 Å². The molecule has 1 aliphatic carbocycles. The number of hydrogen-bond donors (Lipinski definition) is 3. The molecule has 150 valence electrons. The first-order chi connectivity index (χ1) is 13.4. The van der Waals surface area contributed by atoms with Gasteiger partial charge in [0.1, 0.15) is 16.0 Å². The maximum atomic E-state index is 9.97. The molecule has 2 aromatic heterocycles. The van der Waals surface area contributed by atoms with Crippen molar-refractivity contribution in [2.45, 2.75) is 47.8 Å². The number of nitrogens with two attached hydrogens (primary N) is 2. The van der Waals surface area contributed by atoms with Gasteiger partial charge in [-0.1, -0.05) is 35.0 Å². The third-order valence-corrected chi connectivity index (χ3v) is 7.75. The summed E-state index contributed by atoms with van der Waals surface area (Å²) in [7, 11) is 0. The summed E-state index contributed by atoms with van der Waals surface area (Å²) < 4.78 is 0. The van der Waals surface area contributed by atoms with E-state index in [2.05, 4.69) is 19.9 Å². The molecular formula is C18H22Cl2N6OS. The van der Waals surface area contributed by atoms with Crippen LogP contribution in [0.1, 0.15) is 25.7 Å². The van der Waals surface area contributed by atoms with Crippen LogP contribution in [0.5, 0.6) is 0 Å². The summed E-state index contributed by atoms with van der Waals surface area (Å²) in [5.74, 6) is 1.10. The molecule has 10 heteroatoms. The summed E-state index contributed by atoms with van der Waals surface area (Å²) in [5, 5.41) is 11.2. The van der Waals surface area contributed by atoms with E-state index in [1.165, 1.54) is 11.8 Å². The van der Waals surface area contributed by atoms with Crippen LogP contribution < -0.4 is 16.4 Å². The number of nitrogen functional groups attached to an aromatic ring is 1. The Morgan fingerprint density at radius 1 is 1.25 bits per heavy atom. The highest BCUT2D eigenvalue weighted by molar-refractivity contribution is 7.99. The Morgan fingerprint density at radius 3 is 2.64 bits per heavy atom. The van der Waals surface area contributed by atoms with Crippen LogP contribution in [0.4, 0.5) is 11.6 Å². The minimum Gasteiger partial charge on any atom is -0.393 e. The molecular weight excluding hydrogens is 419 g/mol. The predicted octanol–water partition coefficient (Wildman–Crippen LogP) is 2.98. The second-order valence-electron chi connectivity index (χ2n) is 7.48. The number of aromatic nitrogens is 3. The number of aliphatic hydroxyl groups is 1. The van der Waals surface area contributed by atoms with Crippen LogP contribution in [0.25, 0.3) is 0 Å². The number of halogens is 2. The van der Waals surface area contributed by atoms with Gasteiger partial charge in [-0.2, -0.15) is 0 Å². The Bertz CT molecular complexity index is 877. The molecule has 0 aromatic carbocycles. The molecule has 0 radical (unpaired) electrons. The van der Waals surface area contributed by atoms with Gasteiger partial charge in [-0.3, -0.25) is 0 Å². The number of piperidine rings is 1. The maximum Gasteiger partial charge on any atom is 0.158 e. The number of pyridine rings is 1. The minimum absolute atomic E-state index is 0.0437. The summed E-state index contributed by atoms with van der Waals surface area (Å²) in [4.78, 5) is 15.9. The lowest BCUT2D eigenvalue weighted by Crippen LogP contribution is -2.47. The van der Waals surface area contributed by atoms with E-state index in [0.717, 1.165) is 43.1 Å². The van der Waals surface area contributed by atoms with E-state index >= 15 is 0 Å². The van der Waals surface area contributed by atoms with Gasteiger partial charge in [0.2, 0.25) is 0 Å². The molecule has 2 atom stereocenters. The molecule has 2 aliphatic rings. The van der Waals surface area contributed by atoms with E-state index in [4.69, 9.17) is 34.7 Å². The van der Waals surface area contributed by atoms with Crippen molar-refractivity contribution >= 4 is 46.6 Å². The van der Waals surface area contributed by atoms with Gasteiger partial charge in [-0.15, -0.1) is 0 Å². The van der Waals surface area contributed by atoms with Crippen molar-refractivity contribution in [3.8, 4) is 0 Å². The Morgan fingerprint density at radius 2 is 2.00 bits per heavy atom. The van der Waals surface area contributed by atoms with Crippen LogP contribution in [0.3, 0.4) is 0 Å². The summed E-state index contributed by atoms with van der Waals surface area (Å²) in [6.45, 7) is 1.65. The second-order valence-corrected chi connectivity index (χ2v) is 9.25. The Labute approximate surface area is 177 Å². The first-order valence-corrected chi connectivity index (χ1v) is 10.7. The Hall–Kier alpha value is -1.32. The number of hydrogen-bond acceptors (Lipinski definition) is 8. The van der Waals surface area contributed by atoms with Crippen LogP contribution >= 0.6 is 35.0 Å². The lowest BCUT2D eigenvalue weighted by Gasteiger charge is -2.42. The Balaban J connectivity index is 1.46. The number of rotatable bonds is 3. The normalized spacial score (nSPS) is 24.1. The standard InChI is InChI=1S/C18H22Cl2N6OS/c19-14-11(1-4-23-15(14)20)28-17-16(22)25-13(9-24-17)26-5-2-18(3-6-26)8-10(27)7-12(18)21/h1,4,9-10,12,27H,2-3,5-8,21H2,(H2,22,25)/t10-,12-/m1/s1. The molecule has 5 N–H and O–H groups in total. The summed E-state index contributed by atoms with van der Waals surface area (Å²) in [5.41, 5.74) is 12.5. The van der Waals surface area contributed by atoms with Crippen molar-refractivity contribution < 1.29 is 5.11 Å². The van der Waals surface area contributed by atoms with Crippen molar-refractivity contribution in [3.05, 3.63) is 28.6 Å². The lowest BCUT2D eigenvalue weighted by atomic mass is 9.74. The lowest BCUT2D eigenvalue weighted by molar-refractivity contribution is 0.141. The molecule has 28 heavy (non-hydrogen) atoms.